The summed E-state index contributed by atoms with van der Waals surface area (Å²) in [5.74, 6) is 2.39. The number of nitrogens with zero attached hydrogens (tertiary/aromatic N) is 8. The van der Waals surface area contributed by atoms with Crippen molar-refractivity contribution in [3.8, 4) is 0 Å². The molecule has 3 rings (SSSR count). The Morgan fingerprint density at radius 3 is 1.36 bits per heavy atom. The Bertz CT molecular complexity index is 906. The van der Waals surface area contributed by atoms with Gasteiger partial charge < -0.3 is 9.80 Å². The van der Waals surface area contributed by atoms with Gasteiger partial charge in [0.15, 0.2) is 0 Å². The summed E-state index contributed by atoms with van der Waals surface area (Å²) in [5.41, 5.74) is 0. The maximum Gasteiger partial charge on any atom is 0.139 e. The van der Waals surface area contributed by atoms with Crippen molar-refractivity contribution in [3.05, 3.63) is 72.8 Å². The van der Waals surface area contributed by atoms with E-state index >= 15 is 0 Å². The first-order valence-corrected chi connectivity index (χ1v) is 8.92. The van der Waals surface area contributed by atoms with Crippen LogP contribution in [0.1, 0.15) is 0 Å². The Hall–Kier alpha value is -3.10. The molecule has 0 saturated heterocycles. The molecule has 0 amide bonds. The monoisotopic (exact) mass is 414 g/mol. The molecule has 0 atom stereocenters. The van der Waals surface area contributed by atoms with Gasteiger partial charge in [-0.3, -0.25) is 0 Å². The molecule has 0 N–H and O–H groups in total. The molecule has 0 bridgehead atoms. The maximum absolute atomic E-state index is 6.01. The first kappa shape index (κ1) is 19.7. The fraction of sp³-hybridized carbons (Fsp3) is 0.111. The predicted octanol–water partition coefficient (Wildman–Crippen LogP) is 4.01. The summed E-state index contributed by atoms with van der Waals surface area (Å²) in [5, 5.41) is 0.662. The Labute approximate surface area is 172 Å². The number of rotatable bonds is 8. The molecule has 142 valence electrons. The van der Waals surface area contributed by atoms with Crippen LogP contribution in [-0.4, -0.2) is 43.0 Å². The smallest absolute Gasteiger partial charge is 0.139 e. The van der Waals surface area contributed by atoms with E-state index in [-0.39, 0.29) is 0 Å². The molecule has 0 unspecified atom stereocenters. The highest BCUT2D eigenvalue weighted by molar-refractivity contribution is 6.29. The van der Waals surface area contributed by atoms with Crippen LogP contribution in [0.25, 0.3) is 0 Å². The van der Waals surface area contributed by atoms with Crippen LogP contribution in [0.3, 0.4) is 0 Å². The van der Waals surface area contributed by atoms with E-state index in [1.807, 2.05) is 9.80 Å². The zero-order valence-corrected chi connectivity index (χ0v) is 16.3. The molecule has 8 nitrogen and oxygen atoms in total. The van der Waals surface area contributed by atoms with Crippen molar-refractivity contribution in [2.75, 3.05) is 22.9 Å². The highest BCUT2D eigenvalue weighted by Gasteiger charge is 2.17. The van der Waals surface area contributed by atoms with Crippen molar-refractivity contribution in [1.29, 1.82) is 0 Å². The Morgan fingerprint density at radius 1 is 0.643 bits per heavy atom. The van der Waals surface area contributed by atoms with E-state index in [1.165, 1.54) is 19.0 Å². The van der Waals surface area contributed by atoms with Gasteiger partial charge in [0.05, 0.1) is 0 Å². The molecule has 10 heteroatoms. The van der Waals surface area contributed by atoms with Crippen LogP contribution in [0.5, 0.6) is 0 Å². The van der Waals surface area contributed by atoms with E-state index in [4.69, 9.17) is 23.2 Å². The number of hydrogen-bond acceptors (Lipinski definition) is 8. The van der Waals surface area contributed by atoms with Crippen LogP contribution >= 0.6 is 23.2 Å². The minimum Gasteiger partial charge on any atom is -0.307 e. The van der Waals surface area contributed by atoms with E-state index in [0.717, 1.165) is 0 Å². The lowest BCUT2D eigenvalue weighted by atomic mass is 10.3. The minimum atomic E-state index is 0.331. The van der Waals surface area contributed by atoms with Gasteiger partial charge >= 0.3 is 0 Å². The summed E-state index contributed by atoms with van der Waals surface area (Å²) in [6, 6.07) is 5.11. The Kier molecular flexibility index (Phi) is 6.46. The second-order valence-electron chi connectivity index (χ2n) is 5.43. The van der Waals surface area contributed by atoms with Crippen LogP contribution in [0.4, 0.5) is 23.3 Å². The van der Waals surface area contributed by atoms with Gasteiger partial charge in [-0.2, -0.15) is 0 Å². The minimum absolute atomic E-state index is 0.331. The van der Waals surface area contributed by atoms with Crippen molar-refractivity contribution >= 4 is 46.5 Å². The third kappa shape index (κ3) is 4.59. The predicted molar refractivity (Wildman–Crippen MR) is 111 cm³/mol. The summed E-state index contributed by atoms with van der Waals surface area (Å²) in [6.07, 6.45) is 7.72. The van der Waals surface area contributed by atoms with Crippen molar-refractivity contribution < 1.29 is 0 Å². The molecule has 3 aromatic heterocycles. The molecular weight excluding hydrogens is 399 g/mol. The van der Waals surface area contributed by atoms with Crippen LogP contribution in [0.15, 0.2) is 62.5 Å². The molecule has 0 spiro atoms. The standard InChI is InChI=1S/C18H16Cl2N8/c1-3-5-27(15-7-13(19)21-10-23-15)17-9-18(26-12-25-17)28(6-4-2)16-8-14(20)22-11-24-16/h3-4,7-12H,1-2,5-6H2. The van der Waals surface area contributed by atoms with Gasteiger partial charge in [0.1, 0.15) is 52.6 Å². The summed E-state index contributed by atoms with van der Waals surface area (Å²) in [7, 11) is 0. The summed E-state index contributed by atoms with van der Waals surface area (Å²) in [6.45, 7) is 8.53. The van der Waals surface area contributed by atoms with Crippen molar-refractivity contribution in [1.82, 2.24) is 29.9 Å². The van der Waals surface area contributed by atoms with Crippen LogP contribution in [0, 0.1) is 0 Å². The van der Waals surface area contributed by atoms with Crippen LogP contribution in [0.2, 0.25) is 10.3 Å². The lowest BCUT2D eigenvalue weighted by Crippen LogP contribution is -2.22. The zero-order valence-electron chi connectivity index (χ0n) is 14.8. The molecular formula is C18H16Cl2N8. The fourth-order valence-corrected chi connectivity index (χ4v) is 2.73. The van der Waals surface area contributed by atoms with E-state index in [0.29, 0.717) is 46.7 Å². The van der Waals surface area contributed by atoms with Gasteiger partial charge in [-0.05, 0) is 0 Å². The molecule has 0 saturated carbocycles. The fourth-order valence-electron chi connectivity index (χ4n) is 2.44. The van der Waals surface area contributed by atoms with Crippen LogP contribution < -0.4 is 9.80 Å². The molecule has 0 aliphatic carbocycles. The lowest BCUT2D eigenvalue weighted by molar-refractivity contribution is 0.952. The van der Waals surface area contributed by atoms with Crippen molar-refractivity contribution in [2.24, 2.45) is 0 Å². The highest BCUT2D eigenvalue weighted by Crippen LogP contribution is 2.28. The van der Waals surface area contributed by atoms with Crippen molar-refractivity contribution in [2.45, 2.75) is 0 Å². The van der Waals surface area contributed by atoms with Crippen molar-refractivity contribution in [3.63, 3.8) is 0 Å². The normalized spacial score (nSPS) is 10.4. The zero-order chi connectivity index (χ0) is 19.9. The molecule has 0 aromatic carbocycles. The number of aromatic nitrogens is 6. The van der Waals surface area contributed by atoms with E-state index in [1.54, 1.807) is 30.4 Å². The molecule has 0 radical (unpaired) electrons. The molecule has 0 aliphatic heterocycles. The van der Waals surface area contributed by atoms with E-state index < -0.39 is 0 Å². The Morgan fingerprint density at radius 2 is 1.00 bits per heavy atom. The van der Waals surface area contributed by atoms with Gasteiger partial charge in [0, 0.05) is 31.3 Å². The quantitative estimate of drug-likeness (QED) is 0.403. The molecule has 28 heavy (non-hydrogen) atoms. The number of anilines is 4. The molecule has 0 fully saturated rings. The SMILES string of the molecule is C=CCN(c1cc(Cl)ncn1)c1cc(N(CC=C)c2cc(Cl)ncn2)ncn1. The third-order valence-corrected chi connectivity index (χ3v) is 4.02. The van der Waals surface area contributed by atoms with E-state index in [2.05, 4.69) is 43.1 Å². The molecule has 0 aliphatic rings. The topological polar surface area (TPSA) is 83.8 Å². The summed E-state index contributed by atoms with van der Waals surface area (Å²) in [4.78, 5) is 28.8. The highest BCUT2D eigenvalue weighted by atomic mass is 35.5. The maximum atomic E-state index is 6.01. The largest absolute Gasteiger partial charge is 0.307 e. The summed E-state index contributed by atoms with van der Waals surface area (Å²) < 4.78 is 0. The van der Waals surface area contributed by atoms with Crippen LogP contribution in [-0.2, 0) is 0 Å². The third-order valence-electron chi connectivity index (χ3n) is 3.61. The van der Waals surface area contributed by atoms with Gasteiger partial charge in [-0.1, -0.05) is 35.4 Å². The second kappa shape index (κ2) is 9.20. The second-order valence-corrected chi connectivity index (χ2v) is 6.21. The number of hydrogen-bond donors (Lipinski definition) is 0. The van der Waals surface area contributed by atoms with E-state index in [9.17, 15) is 0 Å². The van der Waals surface area contributed by atoms with Gasteiger partial charge in [-0.15, -0.1) is 13.2 Å². The average molecular weight is 415 g/mol. The first-order valence-electron chi connectivity index (χ1n) is 8.16. The Balaban J connectivity index is 2.03. The van der Waals surface area contributed by atoms with Gasteiger partial charge in [0.2, 0.25) is 0 Å². The molecule has 3 heterocycles. The van der Waals surface area contributed by atoms with Gasteiger partial charge in [0.25, 0.3) is 0 Å². The molecule has 3 aromatic rings. The lowest BCUT2D eigenvalue weighted by Gasteiger charge is -2.24. The van der Waals surface area contributed by atoms with Gasteiger partial charge in [-0.25, -0.2) is 29.9 Å². The number of halogens is 2. The first-order chi connectivity index (χ1) is 13.6. The summed E-state index contributed by atoms with van der Waals surface area (Å²) >= 11 is 12.0. The average Bonchev–Trinajstić information content (AvgIpc) is 2.70.